The average molecular weight is 266 g/mol. The van der Waals surface area contributed by atoms with Gasteiger partial charge in [0, 0.05) is 5.57 Å². The van der Waals surface area contributed by atoms with Gasteiger partial charge in [0.25, 0.3) is 0 Å². The molecule has 0 aromatic rings. The van der Waals surface area contributed by atoms with Crippen LogP contribution in [0.15, 0.2) is 24.3 Å². The fraction of sp³-hybridized carbons (Fsp3) is 0.706. The summed E-state index contributed by atoms with van der Waals surface area (Å²) in [4.78, 5) is 10.5. The molecule has 2 nitrogen and oxygen atoms in total. The van der Waals surface area contributed by atoms with Gasteiger partial charge < -0.3 is 5.11 Å². The van der Waals surface area contributed by atoms with Crippen molar-refractivity contribution in [2.45, 2.75) is 77.6 Å². The van der Waals surface area contributed by atoms with Crippen molar-refractivity contribution in [2.24, 2.45) is 0 Å². The summed E-state index contributed by atoms with van der Waals surface area (Å²) in [5.74, 6) is -0.896. The Hall–Kier alpha value is -1.05. The van der Waals surface area contributed by atoms with Gasteiger partial charge in [-0.3, -0.25) is 0 Å². The van der Waals surface area contributed by atoms with Crippen molar-refractivity contribution in [3.63, 3.8) is 0 Å². The third-order valence-electron chi connectivity index (χ3n) is 3.31. The van der Waals surface area contributed by atoms with E-state index in [1.54, 1.807) is 0 Å². The SMILES string of the molecule is C=C(CC=CCCCCCCCCCCC)C(=O)O. The van der Waals surface area contributed by atoms with Crippen LogP contribution in [0.3, 0.4) is 0 Å². The first-order valence-corrected chi connectivity index (χ1v) is 7.74. The molecule has 0 aliphatic rings. The molecule has 0 amide bonds. The largest absolute Gasteiger partial charge is 0.478 e. The van der Waals surface area contributed by atoms with Gasteiger partial charge in [0.05, 0.1) is 0 Å². The van der Waals surface area contributed by atoms with Crippen LogP contribution >= 0.6 is 0 Å². The number of aliphatic carboxylic acids is 1. The van der Waals surface area contributed by atoms with Gasteiger partial charge in [0.2, 0.25) is 0 Å². The van der Waals surface area contributed by atoms with E-state index >= 15 is 0 Å². The maximum absolute atomic E-state index is 10.5. The van der Waals surface area contributed by atoms with Gasteiger partial charge in [-0.25, -0.2) is 4.79 Å². The highest BCUT2D eigenvalue weighted by Crippen LogP contribution is 2.11. The number of rotatable bonds is 13. The van der Waals surface area contributed by atoms with Crippen molar-refractivity contribution in [1.82, 2.24) is 0 Å². The van der Waals surface area contributed by atoms with Gasteiger partial charge in [-0.15, -0.1) is 0 Å². The Morgan fingerprint density at radius 2 is 1.47 bits per heavy atom. The Labute approximate surface area is 118 Å². The minimum atomic E-state index is -0.896. The van der Waals surface area contributed by atoms with Crippen molar-refractivity contribution in [1.29, 1.82) is 0 Å². The molecule has 0 atom stereocenters. The van der Waals surface area contributed by atoms with Crippen LogP contribution in [0.5, 0.6) is 0 Å². The summed E-state index contributed by atoms with van der Waals surface area (Å²) in [6.45, 7) is 5.74. The van der Waals surface area contributed by atoms with E-state index < -0.39 is 5.97 Å². The van der Waals surface area contributed by atoms with Crippen LogP contribution in [0.25, 0.3) is 0 Å². The van der Waals surface area contributed by atoms with Crippen LogP contribution in [-0.4, -0.2) is 11.1 Å². The van der Waals surface area contributed by atoms with Gasteiger partial charge in [-0.1, -0.05) is 77.0 Å². The molecule has 110 valence electrons. The van der Waals surface area contributed by atoms with Crippen molar-refractivity contribution in [2.75, 3.05) is 0 Å². The molecule has 0 aromatic heterocycles. The zero-order valence-corrected chi connectivity index (χ0v) is 12.5. The van der Waals surface area contributed by atoms with Crippen LogP contribution in [0, 0.1) is 0 Å². The second kappa shape index (κ2) is 13.4. The lowest BCUT2D eigenvalue weighted by atomic mass is 10.1. The zero-order chi connectivity index (χ0) is 14.3. The maximum Gasteiger partial charge on any atom is 0.331 e. The van der Waals surface area contributed by atoms with E-state index in [0.29, 0.717) is 6.42 Å². The molecule has 0 bridgehead atoms. The van der Waals surface area contributed by atoms with E-state index in [-0.39, 0.29) is 5.57 Å². The quantitative estimate of drug-likeness (QED) is 0.272. The molecule has 0 rings (SSSR count). The molecular formula is C17H30O2. The van der Waals surface area contributed by atoms with E-state index in [1.807, 2.05) is 6.08 Å². The molecule has 0 saturated heterocycles. The van der Waals surface area contributed by atoms with Crippen LogP contribution < -0.4 is 0 Å². The average Bonchev–Trinajstić information content (AvgIpc) is 2.39. The van der Waals surface area contributed by atoms with Crippen molar-refractivity contribution in [3.8, 4) is 0 Å². The number of carboxylic acids is 1. The summed E-state index contributed by atoms with van der Waals surface area (Å²) in [5.41, 5.74) is 0.267. The van der Waals surface area contributed by atoms with E-state index in [4.69, 9.17) is 5.11 Å². The third kappa shape index (κ3) is 13.2. The zero-order valence-electron chi connectivity index (χ0n) is 12.5. The molecule has 0 aliphatic carbocycles. The fourth-order valence-corrected chi connectivity index (χ4v) is 2.00. The number of unbranched alkanes of at least 4 members (excludes halogenated alkanes) is 9. The smallest absolute Gasteiger partial charge is 0.331 e. The molecule has 0 aliphatic heterocycles. The standard InChI is InChI=1S/C17H30O2/c1-3-4-5-6-7-8-9-10-11-12-13-14-15-16(2)17(18)19/h13-14H,2-12,15H2,1H3,(H,18,19). The maximum atomic E-state index is 10.5. The molecule has 0 radical (unpaired) electrons. The predicted octanol–water partition coefficient (Wildman–Crippen LogP) is 5.49. The second-order valence-electron chi connectivity index (χ2n) is 5.20. The topological polar surface area (TPSA) is 37.3 Å². The highest BCUT2D eigenvalue weighted by Gasteiger charge is 1.99. The molecule has 2 heteroatoms. The number of carboxylic acid groups (broad SMARTS) is 1. The van der Waals surface area contributed by atoms with Crippen LogP contribution in [0.1, 0.15) is 77.6 Å². The molecule has 1 N–H and O–H groups in total. The lowest BCUT2D eigenvalue weighted by Gasteiger charge is -2.00. The summed E-state index contributed by atoms with van der Waals surface area (Å²) < 4.78 is 0. The molecule has 0 heterocycles. The highest BCUT2D eigenvalue weighted by atomic mass is 16.4. The molecule has 0 unspecified atom stereocenters. The fourth-order valence-electron chi connectivity index (χ4n) is 2.00. The number of allylic oxidation sites excluding steroid dienone is 2. The third-order valence-corrected chi connectivity index (χ3v) is 3.31. The van der Waals surface area contributed by atoms with Crippen LogP contribution in [0.2, 0.25) is 0 Å². The minimum Gasteiger partial charge on any atom is -0.478 e. The highest BCUT2D eigenvalue weighted by molar-refractivity contribution is 5.85. The number of carbonyl (C=O) groups is 1. The lowest BCUT2D eigenvalue weighted by Crippen LogP contribution is -1.96. The van der Waals surface area contributed by atoms with E-state index in [1.165, 1.54) is 57.8 Å². The molecule has 19 heavy (non-hydrogen) atoms. The normalized spacial score (nSPS) is 11.0. The Kier molecular flexibility index (Phi) is 12.6. The lowest BCUT2D eigenvalue weighted by molar-refractivity contribution is -0.132. The number of hydrogen-bond acceptors (Lipinski definition) is 1. The van der Waals surface area contributed by atoms with Gasteiger partial charge >= 0.3 is 5.97 Å². The van der Waals surface area contributed by atoms with E-state index in [0.717, 1.165) is 6.42 Å². The Bertz CT molecular complexity index is 266. The van der Waals surface area contributed by atoms with Crippen molar-refractivity contribution in [3.05, 3.63) is 24.3 Å². The van der Waals surface area contributed by atoms with E-state index in [2.05, 4.69) is 19.6 Å². The summed E-state index contributed by atoms with van der Waals surface area (Å²) in [5, 5.41) is 8.63. The van der Waals surface area contributed by atoms with Gasteiger partial charge in [-0.05, 0) is 19.3 Å². The molecular weight excluding hydrogens is 236 g/mol. The van der Waals surface area contributed by atoms with Gasteiger partial charge in [-0.2, -0.15) is 0 Å². The minimum absolute atomic E-state index is 0.267. The summed E-state index contributed by atoms with van der Waals surface area (Å²) in [6, 6.07) is 0. The van der Waals surface area contributed by atoms with Gasteiger partial charge in [0.15, 0.2) is 0 Å². The summed E-state index contributed by atoms with van der Waals surface area (Å²) in [7, 11) is 0. The monoisotopic (exact) mass is 266 g/mol. The Morgan fingerprint density at radius 1 is 0.947 bits per heavy atom. The van der Waals surface area contributed by atoms with Crippen molar-refractivity contribution >= 4 is 5.97 Å². The Morgan fingerprint density at radius 3 is 2.00 bits per heavy atom. The first kappa shape index (κ1) is 17.9. The molecule has 0 saturated carbocycles. The van der Waals surface area contributed by atoms with Crippen LogP contribution in [0.4, 0.5) is 0 Å². The van der Waals surface area contributed by atoms with E-state index in [9.17, 15) is 4.79 Å². The predicted molar refractivity (Wildman–Crippen MR) is 82.4 cm³/mol. The van der Waals surface area contributed by atoms with Crippen LogP contribution in [-0.2, 0) is 4.79 Å². The summed E-state index contributed by atoms with van der Waals surface area (Å²) >= 11 is 0. The summed E-state index contributed by atoms with van der Waals surface area (Å²) in [6.07, 6.45) is 17.6. The molecule has 0 spiro atoms. The molecule has 0 fully saturated rings. The second-order valence-corrected chi connectivity index (χ2v) is 5.20. The number of hydrogen-bond donors (Lipinski definition) is 1. The first-order valence-electron chi connectivity index (χ1n) is 7.74. The van der Waals surface area contributed by atoms with Gasteiger partial charge in [0.1, 0.15) is 0 Å². The Balaban J connectivity index is 3.20. The molecule has 0 aromatic carbocycles. The van der Waals surface area contributed by atoms with Crippen molar-refractivity contribution < 1.29 is 9.90 Å². The first-order chi connectivity index (χ1) is 9.18.